The van der Waals surface area contributed by atoms with Gasteiger partial charge < -0.3 is 0 Å². The second kappa shape index (κ2) is 6.92. The largest absolute Gasteiger partial charge is 0.255 e. The van der Waals surface area contributed by atoms with Crippen molar-refractivity contribution < 1.29 is 10.1 Å². The Morgan fingerprint density at radius 2 is 2.38 bits per heavy atom. The van der Waals surface area contributed by atoms with E-state index in [1.807, 2.05) is 0 Å². The third kappa shape index (κ3) is 5.92. The molecule has 0 saturated heterocycles. The molecule has 2 heteroatoms. The van der Waals surface area contributed by atoms with Gasteiger partial charge in [0.1, 0.15) is 0 Å². The molecule has 50 valence electrons. The molecule has 0 fully saturated rings. The smallest absolute Gasteiger partial charge is 0.252 e. The minimum atomic E-state index is 0.545. The molecule has 0 amide bonds. The van der Waals surface area contributed by atoms with Gasteiger partial charge in [-0.1, -0.05) is 26.2 Å². The molecule has 0 aliphatic rings. The van der Waals surface area contributed by atoms with E-state index in [-0.39, 0.29) is 0 Å². The van der Waals surface area contributed by atoms with Crippen molar-refractivity contribution in [2.24, 2.45) is 0 Å². The first-order valence-electron chi connectivity index (χ1n) is 3.57. The monoisotopic (exact) mass is 120 g/mol. The van der Waals surface area contributed by atoms with Crippen LogP contribution in [0.5, 0.6) is 0 Å². The van der Waals surface area contributed by atoms with E-state index in [0.29, 0.717) is 6.61 Å². The Labute approximate surface area is 51.9 Å². The summed E-state index contributed by atoms with van der Waals surface area (Å²) < 4.78 is 6.16. The van der Waals surface area contributed by atoms with E-state index in [1.165, 1.54) is 19.3 Å². The fourth-order valence-corrected chi connectivity index (χ4v) is 0.588. The molecule has 0 aromatic heterocycles. The lowest BCUT2D eigenvalue weighted by Gasteiger charge is -1.93. The lowest BCUT2D eigenvalue weighted by molar-refractivity contribution is -0.242. The van der Waals surface area contributed by atoms with Crippen LogP contribution >= 0.6 is 0 Å². The predicted molar refractivity (Wildman–Crippen MR) is 32.7 cm³/mol. The third-order valence-corrected chi connectivity index (χ3v) is 1.08. The molecule has 0 bridgehead atoms. The van der Waals surface area contributed by atoms with Gasteiger partial charge >= 0.3 is 0 Å². The van der Waals surface area contributed by atoms with Crippen LogP contribution in [0.15, 0.2) is 0 Å². The van der Waals surface area contributed by atoms with E-state index in [1.54, 1.807) is 0 Å². The molecule has 8 heavy (non-hydrogen) atoms. The molecule has 0 radical (unpaired) electrons. The van der Waals surface area contributed by atoms with Crippen LogP contribution in [0.1, 0.15) is 32.6 Å². The van der Waals surface area contributed by atoms with Crippen molar-refractivity contribution in [2.75, 3.05) is 6.61 Å². The van der Waals surface area contributed by atoms with Gasteiger partial charge in [-0.05, 0) is 6.42 Å². The number of unbranched alkanes of at least 4 members (excludes halogenated alkanes) is 3. The van der Waals surface area contributed by atoms with Crippen LogP contribution in [-0.4, -0.2) is 11.9 Å². The van der Waals surface area contributed by atoms with Gasteiger partial charge in [0.25, 0.3) is 1.43 Å². The van der Waals surface area contributed by atoms with E-state index in [0.717, 1.165) is 6.42 Å². The Morgan fingerprint density at radius 1 is 1.50 bits per heavy atom. The van der Waals surface area contributed by atoms with Crippen molar-refractivity contribution >= 4 is 0 Å². The number of hydrogen-bond acceptors (Lipinski definition) is 2. The summed E-state index contributed by atoms with van der Waals surface area (Å²) in [7, 11) is 0. The van der Waals surface area contributed by atoms with Crippen LogP contribution in [0.25, 0.3) is 1.43 Å². The van der Waals surface area contributed by atoms with Crippen molar-refractivity contribution in [1.29, 1.82) is 1.43 Å². The average molecular weight is 120 g/mol. The van der Waals surface area contributed by atoms with Crippen molar-refractivity contribution in [3.63, 3.8) is 0 Å². The summed E-state index contributed by atoms with van der Waals surface area (Å²) in [6.07, 6.45) is 4.62. The molecule has 0 rings (SSSR count). The molecule has 0 heterocycles. The van der Waals surface area contributed by atoms with E-state index >= 15 is 0 Å². The molecule has 0 aliphatic carbocycles. The summed E-state index contributed by atoms with van der Waals surface area (Å²) in [5.41, 5.74) is 0. The first-order chi connectivity index (χ1) is 4.41. The maximum atomic E-state index is 6.16. The minimum absolute atomic E-state index is 0.545. The van der Waals surface area contributed by atoms with Gasteiger partial charge in [0.2, 0.25) is 0 Å². The molecule has 0 aliphatic heterocycles. The van der Waals surface area contributed by atoms with Crippen LogP contribution < -0.4 is 0 Å². The van der Waals surface area contributed by atoms with Crippen LogP contribution in [0, 0.1) is 0 Å². The zero-order chi connectivity index (χ0) is 6.95. The molecule has 0 aromatic rings. The molecule has 0 unspecified atom stereocenters. The molecular formula is C6H14O2. The van der Waals surface area contributed by atoms with Gasteiger partial charge in [0.05, 0.1) is 6.61 Å². The number of rotatable bonds is 6. The molecule has 2 nitrogen and oxygen atoms in total. The molecule has 0 saturated carbocycles. The second-order valence-corrected chi connectivity index (χ2v) is 1.88. The Morgan fingerprint density at radius 3 is 3.00 bits per heavy atom. The van der Waals surface area contributed by atoms with Gasteiger partial charge in [-0.15, -0.1) is 0 Å². The van der Waals surface area contributed by atoms with E-state index in [2.05, 4.69) is 17.1 Å². The summed E-state index contributed by atoms with van der Waals surface area (Å²) in [5, 5.41) is 3.67. The summed E-state index contributed by atoms with van der Waals surface area (Å²) in [5.74, 6) is 0. The first-order valence-corrected chi connectivity index (χ1v) is 3.16. The molecule has 0 atom stereocenters. The Balaban J connectivity index is 2.60. The highest BCUT2D eigenvalue weighted by Gasteiger charge is 1.84. The van der Waals surface area contributed by atoms with Crippen molar-refractivity contribution in [3.05, 3.63) is 0 Å². The zero-order valence-corrected chi connectivity index (χ0v) is 5.35. The van der Waals surface area contributed by atoms with E-state index in [9.17, 15) is 0 Å². The van der Waals surface area contributed by atoms with Gasteiger partial charge in [-0.3, -0.25) is 5.26 Å². The van der Waals surface area contributed by atoms with Crippen molar-refractivity contribution in [1.82, 2.24) is 0 Å². The highest BCUT2D eigenvalue weighted by Crippen LogP contribution is 1.97. The zero-order valence-electron chi connectivity index (χ0n) is 6.35. The standard InChI is InChI=1S/C6H14O2/c1-2-3-4-5-6-8-7/h7H,2-6H2,1H3/i/hT. The third-order valence-electron chi connectivity index (χ3n) is 1.08. The summed E-state index contributed by atoms with van der Waals surface area (Å²) >= 11 is 0. The van der Waals surface area contributed by atoms with Crippen molar-refractivity contribution in [2.45, 2.75) is 32.6 Å². The van der Waals surface area contributed by atoms with Crippen LogP contribution in [0.4, 0.5) is 0 Å². The second-order valence-electron chi connectivity index (χ2n) is 1.88. The van der Waals surface area contributed by atoms with E-state index < -0.39 is 0 Å². The van der Waals surface area contributed by atoms with Crippen molar-refractivity contribution in [3.8, 4) is 0 Å². The van der Waals surface area contributed by atoms with Crippen LogP contribution in [0.2, 0.25) is 0 Å². The normalized spacial score (nSPS) is 11.4. The van der Waals surface area contributed by atoms with Gasteiger partial charge in [-0.2, -0.15) is 0 Å². The predicted octanol–water partition coefficient (Wildman–Crippen LogP) is 2.06. The molecular weight excluding hydrogens is 104 g/mol. The number of hydrogen-bond donors (Lipinski definition) is 1. The SMILES string of the molecule is [3H]OOCCCCCC. The summed E-state index contributed by atoms with van der Waals surface area (Å²) in [6.45, 7) is 2.70. The van der Waals surface area contributed by atoms with Crippen LogP contribution in [0.3, 0.4) is 0 Å². The fourth-order valence-electron chi connectivity index (χ4n) is 0.588. The lowest BCUT2D eigenvalue weighted by atomic mass is 10.2. The minimum Gasteiger partial charge on any atom is -0.252 e. The lowest BCUT2D eigenvalue weighted by Crippen LogP contribution is -1.87. The van der Waals surface area contributed by atoms with Gasteiger partial charge in [0.15, 0.2) is 0 Å². The van der Waals surface area contributed by atoms with E-state index in [4.69, 9.17) is 1.43 Å². The topological polar surface area (TPSA) is 29.5 Å². The molecule has 0 aromatic carbocycles. The summed E-state index contributed by atoms with van der Waals surface area (Å²) in [4.78, 5) is 4.35. The first kappa shape index (κ1) is 6.05. The highest BCUT2D eigenvalue weighted by molar-refractivity contribution is 4.36. The quantitative estimate of drug-likeness (QED) is 0.330. The molecule has 1 N–H and O–H groups in total. The fraction of sp³-hybridized carbons (Fsp3) is 1.00. The van der Waals surface area contributed by atoms with Crippen LogP contribution in [-0.2, 0) is 4.89 Å². The summed E-state index contributed by atoms with van der Waals surface area (Å²) in [6, 6.07) is 0. The maximum Gasteiger partial charge on any atom is 0.255 e. The average Bonchev–Trinajstić information content (AvgIpc) is 1.89. The Kier molecular flexibility index (Phi) is 5.23. The Bertz CT molecular complexity index is 44.3. The Hall–Kier alpha value is -0.0800. The molecule has 0 spiro atoms. The van der Waals surface area contributed by atoms with Gasteiger partial charge in [0, 0.05) is 0 Å². The maximum absolute atomic E-state index is 6.16. The van der Waals surface area contributed by atoms with Gasteiger partial charge in [-0.25, -0.2) is 4.89 Å². The highest BCUT2D eigenvalue weighted by atomic mass is 17.1.